The van der Waals surface area contributed by atoms with Gasteiger partial charge in [-0.2, -0.15) is 13.2 Å². The van der Waals surface area contributed by atoms with Gasteiger partial charge in [0.25, 0.3) is 11.8 Å². The fraction of sp³-hybridized carbons (Fsp3) is 0.333. The first-order valence-electron chi connectivity index (χ1n) is 9.17. The molecule has 0 unspecified atom stereocenters. The second-order valence-corrected chi connectivity index (χ2v) is 6.96. The van der Waals surface area contributed by atoms with E-state index in [4.69, 9.17) is 0 Å². The van der Waals surface area contributed by atoms with Gasteiger partial charge in [-0.15, -0.1) is 0 Å². The Bertz CT molecular complexity index is 812. The third kappa shape index (κ3) is 5.12. The number of alkyl halides is 3. The van der Waals surface area contributed by atoms with Crippen molar-refractivity contribution in [3.63, 3.8) is 0 Å². The fourth-order valence-corrected chi connectivity index (χ4v) is 3.33. The highest BCUT2D eigenvalue weighted by molar-refractivity contribution is 6.04. The highest BCUT2D eigenvalue weighted by atomic mass is 19.4. The monoisotopic (exact) mass is 390 g/mol. The normalized spacial score (nSPS) is 19.7. The Morgan fingerprint density at radius 3 is 1.93 bits per heavy atom. The van der Waals surface area contributed by atoms with Crippen LogP contribution in [-0.4, -0.2) is 24.0 Å². The van der Waals surface area contributed by atoms with Crippen LogP contribution in [0.4, 0.5) is 18.9 Å². The number of hydrogen-bond acceptors (Lipinski definition) is 2. The molecule has 0 aliphatic heterocycles. The maximum atomic E-state index is 12.7. The van der Waals surface area contributed by atoms with Gasteiger partial charge >= 0.3 is 6.18 Å². The van der Waals surface area contributed by atoms with Crippen LogP contribution in [0.2, 0.25) is 0 Å². The molecule has 0 spiro atoms. The summed E-state index contributed by atoms with van der Waals surface area (Å²) in [5.41, 5.74) is 1.48. The average Bonchev–Trinajstić information content (AvgIpc) is 2.69. The van der Waals surface area contributed by atoms with Gasteiger partial charge < -0.3 is 10.6 Å². The third-order valence-electron chi connectivity index (χ3n) is 4.97. The molecule has 0 heterocycles. The van der Waals surface area contributed by atoms with E-state index in [0.717, 1.165) is 0 Å². The zero-order valence-electron chi connectivity index (χ0n) is 15.1. The Morgan fingerprint density at radius 1 is 0.786 bits per heavy atom. The Hall–Kier alpha value is -2.83. The van der Waals surface area contributed by atoms with Gasteiger partial charge in [-0.3, -0.25) is 9.59 Å². The molecular weight excluding hydrogens is 369 g/mol. The van der Waals surface area contributed by atoms with Crippen molar-refractivity contribution in [3.8, 4) is 0 Å². The van der Waals surface area contributed by atoms with Crippen molar-refractivity contribution in [2.75, 3.05) is 5.32 Å². The molecule has 4 nitrogen and oxygen atoms in total. The lowest BCUT2D eigenvalue weighted by Crippen LogP contribution is -2.40. The minimum atomic E-state index is -4.16. The standard InChI is InChI=1S/C21H21F3N2O2/c22-21(23,24)16-8-12-18(13-9-16)26-20(28)15-6-10-17(11-7-15)25-19(27)14-4-2-1-3-5-14/h1-7,10-11,16,18H,8-9,12-13H2,(H,25,27)(H,26,28). The number of carbonyl (C=O) groups is 2. The van der Waals surface area contributed by atoms with E-state index in [0.29, 0.717) is 29.7 Å². The summed E-state index contributed by atoms with van der Waals surface area (Å²) in [5, 5.41) is 5.55. The van der Waals surface area contributed by atoms with Gasteiger partial charge in [0.05, 0.1) is 5.92 Å². The number of hydrogen-bond donors (Lipinski definition) is 2. The van der Waals surface area contributed by atoms with Gasteiger partial charge in [0.1, 0.15) is 0 Å². The Morgan fingerprint density at radius 2 is 1.36 bits per heavy atom. The summed E-state index contributed by atoms with van der Waals surface area (Å²) in [7, 11) is 0. The largest absolute Gasteiger partial charge is 0.391 e. The zero-order valence-corrected chi connectivity index (χ0v) is 15.1. The first-order chi connectivity index (χ1) is 13.3. The van der Waals surface area contributed by atoms with Crippen LogP contribution >= 0.6 is 0 Å². The molecule has 1 saturated carbocycles. The quantitative estimate of drug-likeness (QED) is 0.789. The molecule has 28 heavy (non-hydrogen) atoms. The lowest BCUT2D eigenvalue weighted by atomic mass is 9.85. The fourth-order valence-electron chi connectivity index (χ4n) is 3.33. The summed E-state index contributed by atoms with van der Waals surface area (Å²) in [5.74, 6) is -1.84. The van der Waals surface area contributed by atoms with Gasteiger partial charge in [-0.1, -0.05) is 18.2 Å². The van der Waals surface area contributed by atoms with Crippen LogP contribution in [0.25, 0.3) is 0 Å². The number of halogens is 3. The minimum Gasteiger partial charge on any atom is -0.349 e. The molecule has 2 aromatic rings. The second kappa shape index (κ2) is 8.46. The zero-order chi connectivity index (χ0) is 20.1. The van der Waals surface area contributed by atoms with E-state index in [1.54, 1.807) is 48.5 Å². The first-order valence-corrected chi connectivity index (χ1v) is 9.17. The summed E-state index contributed by atoms with van der Waals surface area (Å²) < 4.78 is 38.1. The van der Waals surface area contributed by atoms with Crippen LogP contribution in [-0.2, 0) is 0 Å². The maximum Gasteiger partial charge on any atom is 0.391 e. The van der Waals surface area contributed by atoms with Crippen molar-refractivity contribution in [2.45, 2.75) is 37.9 Å². The van der Waals surface area contributed by atoms with Gasteiger partial charge in [0.15, 0.2) is 0 Å². The number of amides is 2. The predicted molar refractivity (Wildman–Crippen MR) is 100 cm³/mol. The summed E-state index contributed by atoms with van der Waals surface area (Å²) in [6.45, 7) is 0. The Labute approximate surface area is 161 Å². The molecule has 3 rings (SSSR count). The summed E-state index contributed by atoms with van der Waals surface area (Å²) in [6.07, 6.45) is -3.44. The van der Waals surface area contributed by atoms with E-state index in [-0.39, 0.29) is 30.7 Å². The topological polar surface area (TPSA) is 58.2 Å². The number of benzene rings is 2. The number of nitrogens with one attached hydrogen (secondary N) is 2. The van der Waals surface area contributed by atoms with Crippen molar-refractivity contribution < 1.29 is 22.8 Å². The van der Waals surface area contributed by atoms with Crippen LogP contribution in [0.5, 0.6) is 0 Å². The highest BCUT2D eigenvalue weighted by Gasteiger charge is 2.41. The molecule has 0 radical (unpaired) electrons. The predicted octanol–water partition coefficient (Wildman–Crippen LogP) is 4.79. The van der Waals surface area contributed by atoms with Gasteiger partial charge in [0, 0.05) is 22.9 Å². The van der Waals surface area contributed by atoms with Gasteiger partial charge in [-0.05, 0) is 62.1 Å². The van der Waals surface area contributed by atoms with E-state index in [2.05, 4.69) is 10.6 Å². The Kier molecular flexibility index (Phi) is 6.02. The van der Waals surface area contributed by atoms with Crippen molar-refractivity contribution in [2.24, 2.45) is 5.92 Å². The lowest BCUT2D eigenvalue weighted by Gasteiger charge is -2.30. The SMILES string of the molecule is O=C(Nc1ccc(C(=O)NC2CCC(C(F)(F)F)CC2)cc1)c1ccccc1. The van der Waals surface area contributed by atoms with Crippen LogP contribution in [0, 0.1) is 5.92 Å². The Balaban J connectivity index is 1.52. The van der Waals surface area contributed by atoms with Crippen LogP contribution in [0.3, 0.4) is 0 Å². The van der Waals surface area contributed by atoms with E-state index in [1.165, 1.54) is 0 Å². The van der Waals surface area contributed by atoms with E-state index >= 15 is 0 Å². The molecule has 1 fully saturated rings. The maximum absolute atomic E-state index is 12.7. The van der Waals surface area contributed by atoms with E-state index < -0.39 is 12.1 Å². The molecule has 2 N–H and O–H groups in total. The molecule has 2 aromatic carbocycles. The van der Waals surface area contributed by atoms with Crippen molar-refractivity contribution in [3.05, 3.63) is 65.7 Å². The van der Waals surface area contributed by atoms with Gasteiger partial charge in [0.2, 0.25) is 0 Å². The van der Waals surface area contributed by atoms with Crippen LogP contribution in [0.15, 0.2) is 54.6 Å². The molecule has 0 saturated heterocycles. The minimum absolute atomic E-state index is 0.0406. The average molecular weight is 390 g/mol. The number of carbonyl (C=O) groups excluding carboxylic acids is 2. The molecule has 7 heteroatoms. The molecular formula is C21H21F3N2O2. The molecule has 2 amide bonds. The van der Waals surface area contributed by atoms with Crippen molar-refractivity contribution in [1.29, 1.82) is 0 Å². The summed E-state index contributed by atoms with van der Waals surface area (Å²) in [4.78, 5) is 24.4. The van der Waals surface area contributed by atoms with Crippen molar-refractivity contribution in [1.82, 2.24) is 5.32 Å². The molecule has 0 aromatic heterocycles. The van der Waals surface area contributed by atoms with Crippen LogP contribution in [0.1, 0.15) is 46.4 Å². The van der Waals surface area contributed by atoms with E-state index in [1.807, 2.05) is 6.07 Å². The number of rotatable bonds is 4. The van der Waals surface area contributed by atoms with Crippen molar-refractivity contribution >= 4 is 17.5 Å². The third-order valence-corrected chi connectivity index (χ3v) is 4.97. The molecule has 1 aliphatic carbocycles. The summed E-state index contributed by atoms with van der Waals surface area (Å²) >= 11 is 0. The van der Waals surface area contributed by atoms with Crippen LogP contribution < -0.4 is 10.6 Å². The smallest absolute Gasteiger partial charge is 0.349 e. The second-order valence-electron chi connectivity index (χ2n) is 6.96. The van der Waals surface area contributed by atoms with E-state index in [9.17, 15) is 22.8 Å². The molecule has 1 aliphatic rings. The first kappa shape index (κ1) is 19.9. The van der Waals surface area contributed by atoms with Gasteiger partial charge in [-0.25, -0.2) is 0 Å². The molecule has 0 atom stereocenters. The highest BCUT2D eigenvalue weighted by Crippen LogP contribution is 2.37. The molecule has 0 bridgehead atoms. The number of anilines is 1. The lowest BCUT2D eigenvalue weighted by molar-refractivity contribution is -0.182. The summed E-state index contributed by atoms with van der Waals surface area (Å²) in [6, 6.07) is 14.9. The molecule has 148 valence electrons.